The molecule has 10 nitrogen and oxygen atoms in total. The number of amides is 1. The Kier molecular flexibility index (Phi) is 6.71. The molecule has 2 aromatic carbocycles. The zero-order chi connectivity index (χ0) is 24.2. The zero-order valence-electron chi connectivity index (χ0n) is 19.8. The molecular weight excluding hydrogens is 452 g/mol. The molecule has 1 fully saturated rings. The summed E-state index contributed by atoms with van der Waals surface area (Å²) < 4.78 is 26.8. The van der Waals surface area contributed by atoms with E-state index in [2.05, 4.69) is 20.4 Å². The van der Waals surface area contributed by atoms with Crippen LogP contribution in [-0.4, -0.2) is 55.0 Å². The van der Waals surface area contributed by atoms with Crippen LogP contribution in [0.4, 0.5) is 0 Å². The number of rotatable bonds is 8. The number of nitrogens with zero attached hydrogens (tertiary/aromatic N) is 3. The molecular formula is C25H28N4O6. The van der Waals surface area contributed by atoms with Crippen molar-refractivity contribution >= 4 is 5.91 Å². The van der Waals surface area contributed by atoms with Crippen LogP contribution in [0.1, 0.15) is 24.3 Å². The minimum Gasteiger partial charge on any atom is -0.493 e. The summed E-state index contributed by atoms with van der Waals surface area (Å²) in [5, 5.41) is 7.16. The zero-order valence-corrected chi connectivity index (χ0v) is 19.8. The first-order valence-electron chi connectivity index (χ1n) is 11.6. The molecule has 10 heteroatoms. The first-order valence-corrected chi connectivity index (χ1v) is 11.6. The van der Waals surface area contributed by atoms with E-state index in [1.165, 1.54) is 0 Å². The highest BCUT2D eigenvalue weighted by atomic mass is 16.7. The van der Waals surface area contributed by atoms with Gasteiger partial charge in [0.05, 0.1) is 20.8 Å². The van der Waals surface area contributed by atoms with Crippen molar-refractivity contribution in [3.8, 4) is 34.4 Å². The molecule has 1 N–H and O–H groups in total. The molecule has 3 heterocycles. The standard InChI is InChI=1S/C25H28N4O6/c1-31-19-6-4-18(12-21(19)32-2)24-27-23(35-28-24)14-29-9-7-17(8-10-29)25(30)26-13-16-3-5-20-22(11-16)34-15-33-20/h3-6,11-12,17H,7-10,13-15H2,1-2H3,(H,26,30). The maximum absolute atomic E-state index is 12.7. The van der Waals surface area contributed by atoms with Crippen LogP contribution in [0.15, 0.2) is 40.9 Å². The molecule has 0 bridgehead atoms. The van der Waals surface area contributed by atoms with Crippen molar-refractivity contribution in [3.63, 3.8) is 0 Å². The van der Waals surface area contributed by atoms with Crippen molar-refractivity contribution in [2.24, 2.45) is 5.92 Å². The van der Waals surface area contributed by atoms with E-state index >= 15 is 0 Å². The molecule has 3 aromatic rings. The van der Waals surface area contributed by atoms with Crippen molar-refractivity contribution in [2.75, 3.05) is 34.1 Å². The average molecular weight is 481 g/mol. The number of benzene rings is 2. The van der Waals surface area contributed by atoms with Gasteiger partial charge >= 0.3 is 0 Å². The number of nitrogens with one attached hydrogen (secondary N) is 1. The first kappa shape index (κ1) is 23.0. The van der Waals surface area contributed by atoms with Gasteiger partial charge < -0.3 is 28.8 Å². The molecule has 1 amide bonds. The molecule has 0 aliphatic carbocycles. The summed E-state index contributed by atoms with van der Waals surface area (Å²) in [6.07, 6.45) is 1.56. The third kappa shape index (κ3) is 5.17. The van der Waals surface area contributed by atoms with Gasteiger partial charge in [-0.2, -0.15) is 4.98 Å². The second-order valence-electron chi connectivity index (χ2n) is 8.54. The highest BCUT2D eigenvalue weighted by Gasteiger charge is 2.26. The van der Waals surface area contributed by atoms with Crippen molar-refractivity contribution in [1.29, 1.82) is 0 Å². The lowest BCUT2D eigenvalue weighted by Gasteiger charge is -2.30. The van der Waals surface area contributed by atoms with Crippen LogP contribution in [0.5, 0.6) is 23.0 Å². The highest BCUT2D eigenvalue weighted by Crippen LogP contribution is 2.33. The van der Waals surface area contributed by atoms with Gasteiger partial charge in [-0.15, -0.1) is 0 Å². The average Bonchev–Trinajstić information content (AvgIpc) is 3.56. The number of aromatic nitrogens is 2. The van der Waals surface area contributed by atoms with Gasteiger partial charge in [-0.1, -0.05) is 11.2 Å². The summed E-state index contributed by atoms with van der Waals surface area (Å²) in [5.74, 6) is 3.82. The van der Waals surface area contributed by atoms with Gasteiger partial charge in [0.1, 0.15) is 0 Å². The molecule has 1 saturated heterocycles. The molecule has 2 aliphatic heterocycles. The van der Waals surface area contributed by atoms with Crippen molar-refractivity contribution in [1.82, 2.24) is 20.4 Å². The van der Waals surface area contributed by atoms with Crippen LogP contribution >= 0.6 is 0 Å². The van der Waals surface area contributed by atoms with E-state index in [-0.39, 0.29) is 18.6 Å². The Morgan fingerprint density at radius 3 is 2.66 bits per heavy atom. The van der Waals surface area contributed by atoms with E-state index in [4.69, 9.17) is 23.5 Å². The minimum absolute atomic E-state index is 0.00901. The predicted molar refractivity (Wildman–Crippen MR) is 125 cm³/mol. The Hall–Kier alpha value is -3.79. The third-order valence-corrected chi connectivity index (χ3v) is 6.33. The van der Waals surface area contributed by atoms with Crippen molar-refractivity contribution in [3.05, 3.63) is 47.9 Å². The largest absolute Gasteiger partial charge is 0.493 e. The number of methoxy groups -OCH3 is 2. The molecule has 35 heavy (non-hydrogen) atoms. The molecule has 2 aliphatic rings. The number of piperidine rings is 1. The lowest BCUT2D eigenvalue weighted by Crippen LogP contribution is -2.40. The predicted octanol–water partition coefficient (Wildman–Crippen LogP) is 3.01. The summed E-state index contributed by atoms with van der Waals surface area (Å²) in [5.41, 5.74) is 1.78. The Morgan fingerprint density at radius 2 is 1.86 bits per heavy atom. The number of carbonyl (C=O) groups excluding carboxylic acids is 1. The molecule has 5 rings (SSSR count). The van der Waals surface area contributed by atoms with Crippen molar-refractivity contribution in [2.45, 2.75) is 25.9 Å². The van der Waals surface area contributed by atoms with E-state index < -0.39 is 0 Å². The minimum atomic E-state index is -0.00901. The molecule has 0 saturated carbocycles. The summed E-state index contributed by atoms with van der Waals surface area (Å²) in [7, 11) is 3.18. The molecule has 0 unspecified atom stereocenters. The maximum Gasteiger partial charge on any atom is 0.241 e. The van der Waals surface area contributed by atoms with E-state index in [1.54, 1.807) is 14.2 Å². The molecule has 0 atom stereocenters. The second kappa shape index (κ2) is 10.2. The maximum atomic E-state index is 12.7. The number of ether oxygens (including phenoxy) is 4. The SMILES string of the molecule is COc1ccc(-c2noc(CN3CCC(C(=O)NCc4ccc5c(c4)OCO5)CC3)n2)cc1OC. The normalized spacial score (nSPS) is 15.7. The number of hydrogen-bond acceptors (Lipinski definition) is 9. The fourth-order valence-corrected chi connectivity index (χ4v) is 4.34. The van der Waals surface area contributed by atoms with Gasteiger partial charge in [-0.3, -0.25) is 9.69 Å². The van der Waals surface area contributed by atoms with Gasteiger partial charge in [0.15, 0.2) is 23.0 Å². The van der Waals surface area contributed by atoms with E-state index in [1.807, 2.05) is 36.4 Å². The summed E-state index contributed by atoms with van der Waals surface area (Å²) in [6, 6.07) is 11.2. The monoisotopic (exact) mass is 480 g/mol. The summed E-state index contributed by atoms with van der Waals surface area (Å²) >= 11 is 0. The van der Waals surface area contributed by atoms with Crippen LogP contribution < -0.4 is 24.3 Å². The van der Waals surface area contributed by atoms with Gasteiger partial charge in [-0.25, -0.2) is 0 Å². The van der Waals surface area contributed by atoms with Gasteiger partial charge in [-0.05, 0) is 61.8 Å². The second-order valence-corrected chi connectivity index (χ2v) is 8.54. The third-order valence-electron chi connectivity index (χ3n) is 6.33. The lowest BCUT2D eigenvalue weighted by atomic mass is 9.96. The highest BCUT2D eigenvalue weighted by molar-refractivity contribution is 5.78. The fourth-order valence-electron chi connectivity index (χ4n) is 4.34. The topological polar surface area (TPSA) is 108 Å². The number of fused-ring (bicyclic) bond motifs is 1. The van der Waals surface area contributed by atoms with Crippen LogP contribution in [0.25, 0.3) is 11.4 Å². The van der Waals surface area contributed by atoms with E-state index in [0.717, 1.165) is 48.6 Å². The van der Waals surface area contributed by atoms with Gasteiger partial charge in [0, 0.05) is 18.0 Å². The number of carbonyl (C=O) groups is 1. The molecule has 184 valence electrons. The fraction of sp³-hybridized carbons (Fsp3) is 0.400. The van der Waals surface area contributed by atoms with E-state index in [9.17, 15) is 4.79 Å². The Morgan fingerprint density at radius 1 is 1.06 bits per heavy atom. The smallest absolute Gasteiger partial charge is 0.241 e. The van der Waals surface area contributed by atoms with E-state index in [0.29, 0.717) is 36.3 Å². The number of hydrogen-bond donors (Lipinski definition) is 1. The molecule has 0 radical (unpaired) electrons. The van der Waals surface area contributed by atoms with Crippen LogP contribution in [0.3, 0.4) is 0 Å². The molecule has 1 aromatic heterocycles. The Labute approximate surface area is 203 Å². The molecule has 0 spiro atoms. The van der Waals surface area contributed by atoms with Gasteiger partial charge in [0.25, 0.3) is 0 Å². The van der Waals surface area contributed by atoms with Crippen LogP contribution in [0, 0.1) is 5.92 Å². The first-order chi connectivity index (χ1) is 17.1. The summed E-state index contributed by atoms with van der Waals surface area (Å²) in [6.45, 7) is 2.83. The Bertz CT molecular complexity index is 1190. The van der Waals surface area contributed by atoms with Crippen LogP contribution in [-0.2, 0) is 17.9 Å². The van der Waals surface area contributed by atoms with Crippen LogP contribution in [0.2, 0.25) is 0 Å². The quantitative estimate of drug-likeness (QED) is 0.520. The number of likely N-dealkylation sites (tertiary alicyclic amines) is 1. The lowest BCUT2D eigenvalue weighted by molar-refractivity contribution is -0.126. The van der Waals surface area contributed by atoms with Crippen molar-refractivity contribution < 1.29 is 28.3 Å². The Balaban J connectivity index is 1.10. The summed E-state index contributed by atoms with van der Waals surface area (Å²) in [4.78, 5) is 19.4. The van der Waals surface area contributed by atoms with Gasteiger partial charge in [0.2, 0.25) is 24.4 Å².